The second-order valence-electron chi connectivity index (χ2n) is 7.17. The van der Waals surface area contributed by atoms with Gasteiger partial charge in [-0.25, -0.2) is 4.79 Å². The second kappa shape index (κ2) is 12.5. The summed E-state index contributed by atoms with van der Waals surface area (Å²) in [5, 5.41) is 2.82. The van der Waals surface area contributed by atoms with Gasteiger partial charge in [-0.2, -0.15) is 11.8 Å². The van der Waals surface area contributed by atoms with Crippen LogP contribution in [0.5, 0.6) is 0 Å². The maximum absolute atomic E-state index is 12.7. The van der Waals surface area contributed by atoms with Crippen molar-refractivity contribution in [3.05, 3.63) is 35.9 Å². The van der Waals surface area contributed by atoms with Gasteiger partial charge in [-0.3, -0.25) is 4.79 Å². The van der Waals surface area contributed by atoms with Crippen LogP contribution in [-0.4, -0.2) is 35.7 Å². The van der Waals surface area contributed by atoms with E-state index in [1.54, 1.807) is 11.8 Å². The number of benzene rings is 1. The van der Waals surface area contributed by atoms with Crippen LogP contribution >= 0.6 is 11.8 Å². The van der Waals surface area contributed by atoms with E-state index in [2.05, 4.69) is 5.32 Å². The number of hydrogen-bond acceptors (Lipinski definition) is 5. The molecule has 27 heavy (non-hydrogen) atoms. The van der Waals surface area contributed by atoms with E-state index in [0.717, 1.165) is 11.3 Å². The van der Waals surface area contributed by atoms with Crippen molar-refractivity contribution in [2.24, 2.45) is 11.8 Å². The predicted octanol–water partition coefficient (Wildman–Crippen LogP) is 3.61. The summed E-state index contributed by atoms with van der Waals surface area (Å²) in [6.07, 6.45) is 3.26. The van der Waals surface area contributed by atoms with Gasteiger partial charge < -0.3 is 14.8 Å². The molecular weight excluding hydrogens is 362 g/mol. The average Bonchev–Trinajstić information content (AvgIpc) is 2.62. The molecule has 0 aliphatic carbocycles. The number of amides is 1. The fraction of sp³-hybridized carbons (Fsp3) is 0.571. The van der Waals surface area contributed by atoms with Crippen molar-refractivity contribution in [2.75, 3.05) is 12.0 Å². The van der Waals surface area contributed by atoms with Gasteiger partial charge >= 0.3 is 5.97 Å². The minimum atomic E-state index is -0.704. The van der Waals surface area contributed by atoms with Crippen molar-refractivity contribution in [3.8, 4) is 0 Å². The van der Waals surface area contributed by atoms with Crippen molar-refractivity contribution in [1.82, 2.24) is 5.32 Å². The summed E-state index contributed by atoms with van der Waals surface area (Å²) >= 11 is 1.63. The van der Waals surface area contributed by atoms with E-state index in [0.29, 0.717) is 12.8 Å². The SMILES string of the molecule is CSCC[C@H](CC(C)=O)C(=O)N[C@@H](CC(C)C)C(=O)OCc1ccccc1. The molecule has 0 radical (unpaired) electrons. The zero-order valence-corrected chi connectivity index (χ0v) is 17.5. The number of hydrogen-bond donors (Lipinski definition) is 1. The Morgan fingerprint density at radius 3 is 2.37 bits per heavy atom. The topological polar surface area (TPSA) is 72.5 Å². The number of esters is 1. The monoisotopic (exact) mass is 393 g/mol. The molecule has 0 aliphatic rings. The molecule has 0 fully saturated rings. The maximum atomic E-state index is 12.7. The first-order valence-electron chi connectivity index (χ1n) is 9.32. The molecular formula is C21H31NO4S. The highest BCUT2D eigenvalue weighted by atomic mass is 32.2. The highest BCUT2D eigenvalue weighted by Gasteiger charge is 2.27. The molecule has 1 aromatic carbocycles. The Balaban J connectivity index is 2.73. The number of ether oxygens (including phenoxy) is 1. The molecule has 5 nitrogen and oxygen atoms in total. The Morgan fingerprint density at radius 2 is 1.81 bits per heavy atom. The molecule has 0 saturated carbocycles. The second-order valence-corrected chi connectivity index (χ2v) is 8.15. The van der Waals surface area contributed by atoms with Crippen LogP contribution in [0.4, 0.5) is 0 Å². The zero-order chi connectivity index (χ0) is 20.2. The summed E-state index contributed by atoms with van der Waals surface area (Å²) in [6, 6.07) is 8.73. The van der Waals surface area contributed by atoms with Crippen molar-refractivity contribution >= 4 is 29.4 Å². The molecule has 1 N–H and O–H groups in total. The molecule has 1 aromatic rings. The van der Waals surface area contributed by atoms with E-state index in [-0.39, 0.29) is 30.6 Å². The number of Topliss-reactive ketones (excluding diaryl/α,β-unsaturated/α-hetero) is 1. The molecule has 2 atom stereocenters. The molecule has 150 valence electrons. The van der Waals surface area contributed by atoms with E-state index in [9.17, 15) is 14.4 Å². The number of ketones is 1. The van der Waals surface area contributed by atoms with Gasteiger partial charge in [0.25, 0.3) is 0 Å². The van der Waals surface area contributed by atoms with Crippen molar-refractivity contribution in [3.63, 3.8) is 0 Å². The van der Waals surface area contributed by atoms with E-state index < -0.39 is 17.9 Å². The average molecular weight is 394 g/mol. The molecule has 6 heteroatoms. The van der Waals surface area contributed by atoms with Gasteiger partial charge in [-0.1, -0.05) is 44.2 Å². The van der Waals surface area contributed by atoms with E-state index >= 15 is 0 Å². The van der Waals surface area contributed by atoms with E-state index in [4.69, 9.17) is 4.74 Å². The number of thioether (sulfide) groups is 1. The van der Waals surface area contributed by atoms with Crippen LogP contribution < -0.4 is 5.32 Å². The van der Waals surface area contributed by atoms with Crippen LogP contribution in [0.15, 0.2) is 30.3 Å². The van der Waals surface area contributed by atoms with Crippen LogP contribution in [0.1, 0.15) is 45.6 Å². The van der Waals surface area contributed by atoms with Gasteiger partial charge in [0.05, 0.1) is 0 Å². The first kappa shape index (κ1) is 23.2. The molecule has 0 aromatic heterocycles. The smallest absolute Gasteiger partial charge is 0.328 e. The molecule has 1 rings (SSSR count). The Kier molecular flexibility index (Phi) is 10.8. The fourth-order valence-electron chi connectivity index (χ4n) is 2.74. The Labute approximate surface area is 166 Å². The number of nitrogens with one attached hydrogen (secondary N) is 1. The van der Waals surface area contributed by atoms with Gasteiger partial charge in [-0.05, 0) is 43.3 Å². The van der Waals surface area contributed by atoms with Crippen LogP contribution in [0, 0.1) is 11.8 Å². The summed E-state index contributed by atoms with van der Waals surface area (Å²) < 4.78 is 5.41. The van der Waals surface area contributed by atoms with Crippen LogP contribution in [0.25, 0.3) is 0 Å². The summed E-state index contributed by atoms with van der Waals surface area (Å²) in [4.78, 5) is 36.7. The lowest BCUT2D eigenvalue weighted by Crippen LogP contribution is -2.45. The Morgan fingerprint density at radius 1 is 1.15 bits per heavy atom. The molecule has 0 spiro atoms. The minimum absolute atomic E-state index is 0.0247. The quantitative estimate of drug-likeness (QED) is 0.549. The summed E-state index contributed by atoms with van der Waals surface area (Å²) in [6.45, 7) is 5.64. The normalized spacial score (nSPS) is 13.1. The number of carbonyl (C=O) groups is 3. The third kappa shape index (κ3) is 9.61. The summed E-state index contributed by atoms with van der Waals surface area (Å²) in [5.74, 6) is -0.112. The first-order valence-corrected chi connectivity index (χ1v) is 10.7. The lowest BCUT2D eigenvalue weighted by atomic mass is 9.97. The first-order chi connectivity index (χ1) is 12.8. The van der Waals surface area contributed by atoms with Gasteiger partial charge in [0, 0.05) is 12.3 Å². The van der Waals surface area contributed by atoms with Crippen LogP contribution in [-0.2, 0) is 25.7 Å². The maximum Gasteiger partial charge on any atom is 0.328 e. The highest BCUT2D eigenvalue weighted by molar-refractivity contribution is 7.98. The van der Waals surface area contributed by atoms with E-state index in [1.165, 1.54) is 6.92 Å². The lowest BCUT2D eigenvalue weighted by Gasteiger charge is -2.22. The van der Waals surface area contributed by atoms with Crippen LogP contribution in [0.3, 0.4) is 0 Å². The van der Waals surface area contributed by atoms with Gasteiger partial charge in [0.1, 0.15) is 18.4 Å². The Hall–Kier alpha value is -1.82. The standard InChI is InChI=1S/C21H31NO4S/c1-15(2)12-19(21(25)26-14-17-8-6-5-7-9-17)22-20(24)18(10-11-27-4)13-16(3)23/h5-9,15,18-19H,10-14H2,1-4H3,(H,22,24)/t18-,19+/m1/s1. The molecule has 1 amide bonds. The van der Waals surface area contributed by atoms with Crippen molar-refractivity contribution in [2.45, 2.75) is 52.7 Å². The third-order valence-corrected chi connectivity index (χ3v) is 4.75. The van der Waals surface area contributed by atoms with Crippen molar-refractivity contribution in [1.29, 1.82) is 0 Å². The highest BCUT2D eigenvalue weighted by Crippen LogP contribution is 2.15. The number of carbonyl (C=O) groups excluding carboxylic acids is 3. The lowest BCUT2D eigenvalue weighted by molar-refractivity contribution is -0.150. The van der Waals surface area contributed by atoms with Gasteiger partial charge in [0.2, 0.25) is 5.91 Å². The zero-order valence-electron chi connectivity index (χ0n) is 16.7. The van der Waals surface area contributed by atoms with E-state index in [1.807, 2.05) is 50.4 Å². The Bertz CT molecular complexity index is 603. The molecule has 0 unspecified atom stereocenters. The number of rotatable bonds is 12. The van der Waals surface area contributed by atoms with Gasteiger partial charge in [0.15, 0.2) is 0 Å². The minimum Gasteiger partial charge on any atom is -0.459 e. The van der Waals surface area contributed by atoms with Crippen molar-refractivity contribution < 1.29 is 19.1 Å². The summed E-state index contributed by atoms with van der Waals surface area (Å²) in [7, 11) is 0. The molecule has 0 saturated heterocycles. The molecule has 0 heterocycles. The van der Waals surface area contributed by atoms with Crippen LogP contribution in [0.2, 0.25) is 0 Å². The summed E-state index contributed by atoms with van der Waals surface area (Å²) in [5.41, 5.74) is 0.898. The van der Waals surface area contributed by atoms with Gasteiger partial charge in [-0.15, -0.1) is 0 Å². The fourth-order valence-corrected chi connectivity index (χ4v) is 3.26. The largest absolute Gasteiger partial charge is 0.459 e. The third-order valence-electron chi connectivity index (χ3n) is 4.11. The molecule has 0 bridgehead atoms. The molecule has 0 aliphatic heterocycles. The predicted molar refractivity (Wildman–Crippen MR) is 109 cm³/mol.